The first kappa shape index (κ1) is 16.6. The Labute approximate surface area is 150 Å². The molecule has 6 nitrogen and oxygen atoms in total. The smallest absolute Gasteiger partial charge is 0.358 e. The Morgan fingerprint density at radius 2 is 1.92 bits per heavy atom. The number of carbonyl (C=O) groups excluding carboxylic acids is 1. The van der Waals surface area contributed by atoms with Crippen molar-refractivity contribution in [1.82, 2.24) is 4.98 Å². The second-order valence-electron chi connectivity index (χ2n) is 6.82. The van der Waals surface area contributed by atoms with E-state index < -0.39 is 17.5 Å². The molecule has 26 heavy (non-hydrogen) atoms. The fraction of sp³-hybridized carbons (Fsp3) is 0.350. The van der Waals surface area contributed by atoms with E-state index in [2.05, 4.69) is 4.98 Å². The molecule has 1 N–H and O–H groups in total. The first-order chi connectivity index (χ1) is 12.6. The Bertz CT molecular complexity index is 841. The van der Waals surface area contributed by atoms with Crippen LogP contribution >= 0.6 is 0 Å². The number of carbonyl (C=O) groups is 2. The van der Waals surface area contributed by atoms with Gasteiger partial charge < -0.3 is 14.6 Å². The quantitative estimate of drug-likeness (QED) is 0.849. The van der Waals surface area contributed by atoms with E-state index >= 15 is 0 Å². The van der Waals surface area contributed by atoms with Crippen LogP contribution in [0.3, 0.4) is 0 Å². The summed E-state index contributed by atoms with van der Waals surface area (Å²) in [6, 6.07) is 13.3. The minimum atomic E-state index is -0.785. The van der Waals surface area contributed by atoms with Crippen molar-refractivity contribution in [2.24, 2.45) is 5.92 Å². The minimum Gasteiger partial charge on any atom is -0.481 e. The second-order valence-corrected chi connectivity index (χ2v) is 6.82. The Morgan fingerprint density at radius 3 is 2.62 bits per heavy atom. The van der Waals surface area contributed by atoms with Crippen LogP contribution in [0.4, 0.5) is 0 Å². The molecule has 2 aliphatic rings. The van der Waals surface area contributed by atoms with Crippen LogP contribution < -0.4 is 4.74 Å². The monoisotopic (exact) mass is 353 g/mol. The number of aliphatic carboxylic acids is 1. The summed E-state index contributed by atoms with van der Waals surface area (Å²) in [5.41, 5.74) is 1.31. The second kappa shape index (κ2) is 6.44. The van der Waals surface area contributed by atoms with Crippen LogP contribution in [0.2, 0.25) is 0 Å². The van der Waals surface area contributed by atoms with E-state index in [0.717, 1.165) is 11.1 Å². The molecule has 0 radical (unpaired) electrons. The molecular weight excluding hydrogens is 334 g/mol. The highest BCUT2D eigenvalue weighted by Crippen LogP contribution is 2.48. The summed E-state index contributed by atoms with van der Waals surface area (Å²) in [7, 11) is 0. The average molecular weight is 353 g/mol. The summed E-state index contributed by atoms with van der Waals surface area (Å²) in [5.74, 6) is -1.24. The van der Waals surface area contributed by atoms with Gasteiger partial charge in [-0.2, -0.15) is 0 Å². The summed E-state index contributed by atoms with van der Waals surface area (Å²) in [4.78, 5) is 27.8. The van der Waals surface area contributed by atoms with E-state index in [9.17, 15) is 9.59 Å². The molecule has 6 heteroatoms. The standard InChI is InChI=1S/C20H19NO5/c22-18(23)14-8-10-20(11-9-14)15-6-7-16(21-17(15)19(24)26-20)25-12-13-4-2-1-3-5-13/h1-7,14H,8-12H2,(H,22,23)/t14-,20-. The Balaban J connectivity index is 1.52. The number of benzene rings is 1. The van der Waals surface area contributed by atoms with Crippen molar-refractivity contribution in [3.63, 3.8) is 0 Å². The molecule has 1 aliphatic heterocycles. The third kappa shape index (κ3) is 2.92. The molecule has 1 aliphatic carbocycles. The van der Waals surface area contributed by atoms with Crippen LogP contribution in [-0.2, 0) is 21.7 Å². The van der Waals surface area contributed by atoms with Gasteiger partial charge in [-0.05, 0) is 37.3 Å². The van der Waals surface area contributed by atoms with Crippen molar-refractivity contribution < 1.29 is 24.2 Å². The molecule has 0 bridgehead atoms. The summed E-state index contributed by atoms with van der Waals surface area (Å²) >= 11 is 0. The molecule has 1 aromatic carbocycles. The molecule has 1 fully saturated rings. The van der Waals surface area contributed by atoms with Crippen molar-refractivity contribution in [3.8, 4) is 5.88 Å². The number of esters is 1. The topological polar surface area (TPSA) is 85.7 Å². The number of nitrogens with zero attached hydrogens (tertiary/aromatic N) is 1. The zero-order valence-corrected chi connectivity index (χ0v) is 14.2. The van der Waals surface area contributed by atoms with Crippen molar-refractivity contribution >= 4 is 11.9 Å². The normalized spacial score (nSPS) is 24.2. The molecule has 4 rings (SSSR count). The van der Waals surface area contributed by atoms with Gasteiger partial charge in [-0.25, -0.2) is 9.78 Å². The fourth-order valence-electron chi connectivity index (χ4n) is 3.76. The van der Waals surface area contributed by atoms with Gasteiger partial charge >= 0.3 is 11.9 Å². The zero-order valence-electron chi connectivity index (χ0n) is 14.2. The third-order valence-electron chi connectivity index (χ3n) is 5.21. The third-order valence-corrected chi connectivity index (χ3v) is 5.21. The number of fused-ring (bicyclic) bond motifs is 2. The fourth-order valence-corrected chi connectivity index (χ4v) is 3.76. The van der Waals surface area contributed by atoms with E-state index in [-0.39, 0.29) is 11.6 Å². The summed E-state index contributed by atoms with van der Waals surface area (Å²) in [6.45, 7) is 0.368. The van der Waals surface area contributed by atoms with Crippen molar-refractivity contribution in [2.45, 2.75) is 37.9 Å². The van der Waals surface area contributed by atoms with Crippen molar-refractivity contribution in [1.29, 1.82) is 0 Å². The SMILES string of the molecule is O=C1O[C@]2(CC[C@H](C(=O)O)CC2)c2ccc(OCc3ccccc3)nc21. The predicted molar refractivity (Wildman–Crippen MR) is 91.7 cm³/mol. The van der Waals surface area contributed by atoms with Crippen molar-refractivity contribution in [3.05, 3.63) is 59.3 Å². The van der Waals surface area contributed by atoms with Gasteiger partial charge in [0.2, 0.25) is 5.88 Å². The summed E-state index contributed by atoms with van der Waals surface area (Å²) in [5, 5.41) is 9.17. The largest absolute Gasteiger partial charge is 0.481 e. The number of ether oxygens (including phenoxy) is 2. The molecule has 1 saturated carbocycles. The lowest BCUT2D eigenvalue weighted by Crippen LogP contribution is -2.34. The highest BCUT2D eigenvalue weighted by molar-refractivity contribution is 5.93. The van der Waals surface area contributed by atoms with Gasteiger partial charge in [0, 0.05) is 11.6 Å². The zero-order chi connectivity index (χ0) is 18.1. The van der Waals surface area contributed by atoms with Gasteiger partial charge in [0.05, 0.1) is 5.92 Å². The maximum atomic E-state index is 12.3. The van der Waals surface area contributed by atoms with Crippen LogP contribution in [-0.4, -0.2) is 22.0 Å². The predicted octanol–water partition coefficient (Wildman–Crippen LogP) is 3.30. The van der Waals surface area contributed by atoms with Gasteiger partial charge in [-0.15, -0.1) is 0 Å². The highest BCUT2D eigenvalue weighted by Gasteiger charge is 2.49. The van der Waals surface area contributed by atoms with Gasteiger partial charge in [-0.3, -0.25) is 4.79 Å². The number of hydrogen-bond acceptors (Lipinski definition) is 5. The Kier molecular flexibility index (Phi) is 4.11. The van der Waals surface area contributed by atoms with Crippen molar-refractivity contribution in [2.75, 3.05) is 0 Å². The number of carboxylic acid groups (broad SMARTS) is 1. The molecule has 2 heterocycles. The highest BCUT2D eigenvalue weighted by atomic mass is 16.6. The lowest BCUT2D eigenvalue weighted by Gasteiger charge is -2.34. The van der Waals surface area contributed by atoms with E-state index in [0.29, 0.717) is 38.2 Å². The van der Waals surface area contributed by atoms with Gasteiger partial charge in [-0.1, -0.05) is 30.3 Å². The average Bonchev–Trinajstić information content (AvgIpc) is 2.92. The number of hydrogen-bond donors (Lipinski definition) is 1. The Hall–Kier alpha value is -2.89. The van der Waals surface area contributed by atoms with Crippen LogP contribution in [0.5, 0.6) is 5.88 Å². The molecule has 0 amide bonds. The van der Waals surface area contributed by atoms with Gasteiger partial charge in [0.1, 0.15) is 12.2 Å². The Morgan fingerprint density at radius 1 is 1.19 bits per heavy atom. The van der Waals surface area contributed by atoms with Crippen LogP contribution in [0.1, 0.15) is 47.3 Å². The number of aromatic nitrogens is 1. The minimum absolute atomic E-state index is 0.282. The van der Waals surface area contributed by atoms with E-state index in [1.54, 1.807) is 6.07 Å². The van der Waals surface area contributed by atoms with E-state index in [4.69, 9.17) is 14.6 Å². The number of rotatable bonds is 4. The number of pyridine rings is 1. The van der Waals surface area contributed by atoms with Gasteiger partial charge in [0.15, 0.2) is 5.69 Å². The lowest BCUT2D eigenvalue weighted by molar-refractivity contribution is -0.144. The van der Waals surface area contributed by atoms with Gasteiger partial charge in [0.25, 0.3) is 0 Å². The molecular formula is C20H19NO5. The van der Waals surface area contributed by atoms with Crippen LogP contribution in [0, 0.1) is 5.92 Å². The number of carboxylic acids is 1. The van der Waals surface area contributed by atoms with E-state index in [1.807, 2.05) is 36.4 Å². The molecule has 0 saturated heterocycles. The molecule has 0 unspecified atom stereocenters. The lowest BCUT2D eigenvalue weighted by atomic mass is 9.75. The molecule has 1 spiro atoms. The summed E-state index contributed by atoms with van der Waals surface area (Å²) < 4.78 is 11.3. The van der Waals surface area contributed by atoms with E-state index in [1.165, 1.54) is 0 Å². The maximum Gasteiger partial charge on any atom is 0.358 e. The first-order valence-electron chi connectivity index (χ1n) is 8.72. The molecule has 0 atom stereocenters. The molecule has 1 aromatic heterocycles. The first-order valence-corrected chi connectivity index (χ1v) is 8.72. The maximum absolute atomic E-state index is 12.3. The van der Waals surface area contributed by atoms with Crippen LogP contribution in [0.25, 0.3) is 0 Å². The molecule has 134 valence electrons. The molecule has 2 aromatic rings. The van der Waals surface area contributed by atoms with Crippen LogP contribution in [0.15, 0.2) is 42.5 Å². The summed E-state index contributed by atoms with van der Waals surface area (Å²) in [6.07, 6.45) is 2.01.